The Morgan fingerprint density at radius 2 is 1.74 bits per heavy atom. The van der Waals surface area contributed by atoms with Gasteiger partial charge in [-0.1, -0.05) is 74.5 Å². The summed E-state index contributed by atoms with van der Waals surface area (Å²) < 4.78 is 0.906. The molecule has 27 heavy (non-hydrogen) atoms. The molecule has 0 saturated carbocycles. The van der Waals surface area contributed by atoms with E-state index in [0.717, 1.165) is 21.3 Å². The average molecular weight is 397 g/mol. The van der Waals surface area contributed by atoms with Crippen molar-refractivity contribution in [3.63, 3.8) is 0 Å². The number of hydrogen-bond donors (Lipinski definition) is 1. The molecular weight excluding hydrogens is 372 g/mol. The van der Waals surface area contributed by atoms with Crippen LogP contribution in [0.1, 0.15) is 31.9 Å². The zero-order chi connectivity index (χ0) is 19.4. The zero-order valence-corrected chi connectivity index (χ0v) is 17.7. The summed E-state index contributed by atoms with van der Waals surface area (Å²) in [7, 11) is 0. The zero-order valence-electron chi connectivity index (χ0n) is 16.1. The fraction of sp³-hybridized carbons (Fsp3) is 0.273. The molecule has 1 amide bonds. The van der Waals surface area contributed by atoms with E-state index in [4.69, 9.17) is 0 Å². The topological polar surface area (TPSA) is 42.0 Å². The van der Waals surface area contributed by atoms with Crippen LogP contribution in [-0.2, 0) is 10.2 Å². The Morgan fingerprint density at radius 3 is 2.37 bits per heavy atom. The first-order chi connectivity index (χ1) is 12.8. The van der Waals surface area contributed by atoms with Gasteiger partial charge in [-0.05, 0) is 30.0 Å². The first-order valence-corrected chi connectivity index (χ1v) is 10.7. The Hall–Kier alpha value is -2.11. The van der Waals surface area contributed by atoms with Crippen molar-refractivity contribution < 1.29 is 4.79 Å². The summed E-state index contributed by atoms with van der Waals surface area (Å²) >= 11 is 3.04. The molecule has 3 aromatic rings. The van der Waals surface area contributed by atoms with E-state index in [1.807, 2.05) is 17.5 Å². The van der Waals surface area contributed by atoms with Gasteiger partial charge in [-0.25, -0.2) is 4.98 Å². The van der Waals surface area contributed by atoms with Gasteiger partial charge in [0.05, 0.1) is 11.4 Å². The third kappa shape index (κ3) is 5.44. The van der Waals surface area contributed by atoms with Crippen molar-refractivity contribution in [2.75, 3.05) is 11.1 Å². The second kappa shape index (κ2) is 8.28. The summed E-state index contributed by atoms with van der Waals surface area (Å²) in [6, 6.07) is 16.4. The molecule has 0 spiro atoms. The number of carbonyl (C=O) groups is 1. The van der Waals surface area contributed by atoms with E-state index < -0.39 is 0 Å². The summed E-state index contributed by atoms with van der Waals surface area (Å²) in [6.45, 7) is 8.60. The lowest BCUT2D eigenvalue weighted by molar-refractivity contribution is -0.113. The molecule has 1 N–H and O–H groups in total. The van der Waals surface area contributed by atoms with Gasteiger partial charge in [0.1, 0.15) is 0 Å². The molecule has 0 bridgehead atoms. The molecular formula is C22H24N2OS2. The Balaban J connectivity index is 1.54. The third-order valence-electron chi connectivity index (χ3n) is 4.19. The van der Waals surface area contributed by atoms with E-state index >= 15 is 0 Å². The molecule has 1 heterocycles. The van der Waals surface area contributed by atoms with Crippen LogP contribution in [0.5, 0.6) is 0 Å². The van der Waals surface area contributed by atoms with Gasteiger partial charge in [0.25, 0.3) is 0 Å². The predicted octanol–water partition coefficient (Wildman–Crippen LogP) is 6.15. The molecule has 0 radical (unpaired) electrons. The van der Waals surface area contributed by atoms with Gasteiger partial charge in [0.15, 0.2) is 4.34 Å². The molecule has 2 aromatic carbocycles. The minimum absolute atomic E-state index is 0.0180. The number of nitrogens with zero attached hydrogens (tertiary/aromatic N) is 1. The first-order valence-electron chi connectivity index (χ1n) is 8.87. The molecule has 0 unspecified atom stereocenters. The molecule has 5 heteroatoms. The number of rotatable bonds is 5. The number of thioether (sulfide) groups is 1. The fourth-order valence-electron chi connectivity index (χ4n) is 2.56. The Bertz CT molecular complexity index is 907. The largest absolute Gasteiger partial charge is 0.325 e. The molecule has 3 rings (SSSR count). The lowest BCUT2D eigenvalue weighted by atomic mass is 9.87. The molecule has 0 aliphatic rings. The van der Waals surface area contributed by atoms with Crippen LogP contribution in [0.4, 0.5) is 5.69 Å². The SMILES string of the molecule is Cc1ccc(-c2csc(SCC(=O)Nc3ccc(C(C)(C)C)cc3)n2)cc1. The predicted molar refractivity (Wildman–Crippen MR) is 117 cm³/mol. The van der Waals surface area contributed by atoms with E-state index in [9.17, 15) is 4.79 Å². The van der Waals surface area contributed by atoms with Crippen LogP contribution < -0.4 is 5.32 Å². The summed E-state index contributed by atoms with van der Waals surface area (Å²) in [5.74, 6) is 0.331. The molecule has 0 saturated heterocycles. The highest BCUT2D eigenvalue weighted by atomic mass is 32.2. The van der Waals surface area contributed by atoms with Crippen molar-refractivity contribution in [1.29, 1.82) is 0 Å². The smallest absolute Gasteiger partial charge is 0.234 e. The fourth-order valence-corrected chi connectivity index (χ4v) is 4.19. The number of amides is 1. The van der Waals surface area contributed by atoms with E-state index in [1.54, 1.807) is 11.3 Å². The van der Waals surface area contributed by atoms with Crippen molar-refractivity contribution in [2.45, 2.75) is 37.4 Å². The summed E-state index contributed by atoms with van der Waals surface area (Å²) in [5, 5.41) is 4.99. The highest BCUT2D eigenvalue weighted by Gasteiger charge is 2.13. The van der Waals surface area contributed by atoms with Gasteiger partial charge >= 0.3 is 0 Å². The number of nitrogens with one attached hydrogen (secondary N) is 1. The molecule has 1 aromatic heterocycles. The highest BCUT2D eigenvalue weighted by Crippen LogP contribution is 2.29. The van der Waals surface area contributed by atoms with E-state index in [0.29, 0.717) is 5.75 Å². The van der Waals surface area contributed by atoms with Crippen LogP contribution in [0.2, 0.25) is 0 Å². The Morgan fingerprint density at radius 1 is 1.07 bits per heavy atom. The molecule has 0 aliphatic carbocycles. The number of carbonyl (C=O) groups excluding carboxylic acids is 1. The molecule has 140 valence electrons. The van der Waals surface area contributed by atoms with Crippen molar-refractivity contribution in [2.24, 2.45) is 0 Å². The van der Waals surface area contributed by atoms with Gasteiger partial charge in [0.2, 0.25) is 5.91 Å². The number of benzene rings is 2. The van der Waals surface area contributed by atoms with Crippen molar-refractivity contribution >= 4 is 34.7 Å². The highest BCUT2D eigenvalue weighted by molar-refractivity contribution is 8.01. The van der Waals surface area contributed by atoms with E-state index in [2.05, 4.69) is 74.4 Å². The normalized spacial score (nSPS) is 11.4. The van der Waals surface area contributed by atoms with Gasteiger partial charge in [-0.3, -0.25) is 4.79 Å². The maximum Gasteiger partial charge on any atom is 0.234 e. The van der Waals surface area contributed by atoms with Crippen LogP contribution in [0.3, 0.4) is 0 Å². The molecule has 0 fully saturated rings. The van der Waals surface area contributed by atoms with Crippen LogP contribution in [0.15, 0.2) is 58.3 Å². The summed E-state index contributed by atoms with van der Waals surface area (Å²) in [6.07, 6.45) is 0. The summed E-state index contributed by atoms with van der Waals surface area (Å²) in [5.41, 5.74) is 5.48. The lowest BCUT2D eigenvalue weighted by Crippen LogP contribution is -2.15. The number of anilines is 1. The number of aromatic nitrogens is 1. The molecule has 0 atom stereocenters. The standard InChI is InChI=1S/C22H24N2OS2/c1-15-5-7-16(8-6-15)19-13-26-21(24-19)27-14-20(25)23-18-11-9-17(10-12-18)22(2,3)4/h5-13H,14H2,1-4H3,(H,23,25). The van der Waals surface area contributed by atoms with Gasteiger partial charge in [-0.15, -0.1) is 11.3 Å². The van der Waals surface area contributed by atoms with Crippen LogP contribution >= 0.6 is 23.1 Å². The quantitative estimate of drug-likeness (QED) is 0.526. The van der Waals surface area contributed by atoms with Crippen LogP contribution in [-0.4, -0.2) is 16.6 Å². The minimum Gasteiger partial charge on any atom is -0.325 e. The third-order valence-corrected chi connectivity index (χ3v) is 6.21. The monoisotopic (exact) mass is 396 g/mol. The summed E-state index contributed by atoms with van der Waals surface area (Å²) in [4.78, 5) is 16.9. The van der Waals surface area contributed by atoms with Crippen molar-refractivity contribution in [3.8, 4) is 11.3 Å². The number of thiazole rings is 1. The lowest BCUT2D eigenvalue weighted by Gasteiger charge is -2.19. The molecule has 0 aliphatic heterocycles. The van der Waals surface area contributed by atoms with Crippen molar-refractivity contribution in [1.82, 2.24) is 4.98 Å². The van der Waals surface area contributed by atoms with E-state index in [1.165, 1.54) is 22.9 Å². The minimum atomic E-state index is -0.0180. The van der Waals surface area contributed by atoms with E-state index in [-0.39, 0.29) is 11.3 Å². The van der Waals surface area contributed by atoms with Crippen LogP contribution in [0.25, 0.3) is 11.3 Å². The average Bonchev–Trinajstić information content (AvgIpc) is 3.09. The van der Waals surface area contributed by atoms with Gasteiger partial charge < -0.3 is 5.32 Å². The molecule has 3 nitrogen and oxygen atoms in total. The van der Waals surface area contributed by atoms with Gasteiger partial charge in [0, 0.05) is 16.6 Å². The maximum atomic E-state index is 12.2. The van der Waals surface area contributed by atoms with Gasteiger partial charge in [-0.2, -0.15) is 0 Å². The number of hydrogen-bond acceptors (Lipinski definition) is 4. The first kappa shape index (κ1) is 19.6. The number of aryl methyl sites for hydroxylation is 1. The van der Waals surface area contributed by atoms with Crippen molar-refractivity contribution in [3.05, 3.63) is 65.0 Å². The second-order valence-corrected chi connectivity index (χ2v) is 9.61. The maximum absolute atomic E-state index is 12.2. The van der Waals surface area contributed by atoms with Crippen LogP contribution in [0, 0.1) is 6.92 Å². The second-order valence-electron chi connectivity index (χ2n) is 7.53. The Labute approximate surface area is 169 Å². The Kier molecular flexibility index (Phi) is 6.02.